The van der Waals surface area contributed by atoms with Crippen molar-refractivity contribution in [1.29, 1.82) is 0 Å². The smallest absolute Gasteiger partial charge is 0.224 e. The van der Waals surface area contributed by atoms with Crippen LogP contribution in [0.4, 0.5) is 10.1 Å². The quantitative estimate of drug-likeness (QED) is 0.527. The summed E-state index contributed by atoms with van der Waals surface area (Å²) in [5.41, 5.74) is 2.27. The minimum Gasteiger partial charge on any atom is -0.497 e. The van der Waals surface area contributed by atoms with Crippen LogP contribution in [-0.4, -0.2) is 20.1 Å². The number of carbonyl (C=O) groups is 1. The lowest BCUT2D eigenvalue weighted by molar-refractivity contribution is -0.116. The van der Waals surface area contributed by atoms with Crippen LogP contribution >= 0.6 is 0 Å². The average molecular weight is 409 g/mol. The first-order valence-corrected chi connectivity index (χ1v) is 9.47. The molecule has 0 fully saturated rings. The maximum atomic E-state index is 13.1. The van der Waals surface area contributed by atoms with Crippen LogP contribution in [0.25, 0.3) is 0 Å². The van der Waals surface area contributed by atoms with Gasteiger partial charge in [0.2, 0.25) is 5.91 Å². The van der Waals surface area contributed by atoms with Gasteiger partial charge in [-0.2, -0.15) is 0 Å². The van der Waals surface area contributed by atoms with E-state index in [4.69, 9.17) is 14.2 Å². The predicted molar refractivity (Wildman–Crippen MR) is 114 cm³/mol. The van der Waals surface area contributed by atoms with E-state index in [9.17, 15) is 9.18 Å². The summed E-state index contributed by atoms with van der Waals surface area (Å²) in [5.74, 6) is 1.45. The van der Waals surface area contributed by atoms with Crippen LogP contribution in [0.2, 0.25) is 0 Å². The molecule has 0 radical (unpaired) electrons. The molecule has 6 heteroatoms. The van der Waals surface area contributed by atoms with Crippen LogP contribution in [0.5, 0.6) is 17.2 Å². The van der Waals surface area contributed by atoms with Crippen molar-refractivity contribution in [3.8, 4) is 17.2 Å². The Balaban J connectivity index is 1.88. The minimum atomic E-state index is -0.297. The first-order valence-electron chi connectivity index (χ1n) is 9.47. The summed E-state index contributed by atoms with van der Waals surface area (Å²) in [7, 11) is 3.18. The molecule has 0 spiro atoms. The molecule has 0 heterocycles. The van der Waals surface area contributed by atoms with Gasteiger partial charge in [0.15, 0.2) is 0 Å². The normalized spacial score (nSPS) is 10.4. The Labute approximate surface area is 175 Å². The summed E-state index contributed by atoms with van der Waals surface area (Å²) < 4.78 is 29.9. The zero-order chi connectivity index (χ0) is 21.5. The largest absolute Gasteiger partial charge is 0.497 e. The van der Waals surface area contributed by atoms with Gasteiger partial charge < -0.3 is 19.1 Å². The monoisotopic (exact) mass is 409 g/mol. The molecule has 3 rings (SSSR count). The molecule has 0 N–H and O–H groups in total. The summed E-state index contributed by atoms with van der Waals surface area (Å²) in [4.78, 5) is 14.1. The standard InChI is InChI=1S/C24H24FNO4/c1-17(27)26(15-19-14-21(28-2)12-13-23(19)29-3)22-6-4-5-7-24(22)30-16-18-8-10-20(25)11-9-18/h4-14H,15-16H2,1-3H3. The Kier molecular flexibility index (Phi) is 6.91. The second kappa shape index (κ2) is 9.78. The van der Waals surface area contributed by atoms with Crippen molar-refractivity contribution in [1.82, 2.24) is 0 Å². The first-order chi connectivity index (χ1) is 14.5. The number of hydrogen-bond acceptors (Lipinski definition) is 4. The summed E-state index contributed by atoms with van der Waals surface area (Å²) in [6.45, 7) is 2.04. The molecular weight excluding hydrogens is 385 g/mol. The Morgan fingerprint density at radius 1 is 0.933 bits per heavy atom. The summed E-state index contributed by atoms with van der Waals surface area (Å²) >= 11 is 0. The van der Waals surface area contributed by atoms with E-state index in [-0.39, 0.29) is 24.9 Å². The van der Waals surface area contributed by atoms with E-state index >= 15 is 0 Å². The fourth-order valence-electron chi connectivity index (χ4n) is 3.09. The molecule has 3 aromatic rings. The highest BCUT2D eigenvalue weighted by atomic mass is 19.1. The van der Waals surface area contributed by atoms with E-state index in [0.29, 0.717) is 22.9 Å². The number of nitrogens with zero attached hydrogens (tertiary/aromatic N) is 1. The highest BCUT2D eigenvalue weighted by Gasteiger charge is 2.19. The number of amides is 1. The molecule has 0 bridgehead atoms. The molecule has 0 saturated heterocycles. The lowest BCUT2D eigenvalue weighted by Gasteiger charge is -2.25. The maximum Gasteiger partial charge on any atom is 0.224 e. The van der Waals surface area contributed by atoms with Crippen LogP contribution in [0.1, 0.15) is 18.1 Å². The molecule has 5 nitrogen and oxygen atoms in total. The number of hydrogen-bond donors (Lipinski definition) is 0. The van der Waals surface area contributed by atoms with Crippen LogP contribution in [0.3, 0.4) is 0 Å². The number of rotatable bonds is 8. The summed E-state index contributed by atoms with van der Waals surface area (Å²) in [5, 5.41) is 0. The topological polar surface area (TPSA) is 48.0 Å². The molecule has 0 unspecified atom stereocenters. The number of benzene rings is 3. The van der Waals surface area contributed by atoms with Crippen molar-refractivity contribution >= 4 is 11.6 Å². The third-order valence-corrected chi connectivity index (χ3v) is 4.66. The van der Waals surface area contributed by atoms with Gasteiger partial charge in [-0.1, -0.05) is 24.3 Å². The second-order valence-electron chi connectivity index (χ2n) is 6.67. The van der Waals surface area contributed by atoms with Crippen molar-refractivity contribution < 1.29 is 23.4 Å². The Bertz CT molecular complexity index is 1000. The van der Waals surface area contributed by atoms with Gasteiger partial charge in [0.25, 0.3) is 0 Å². The molecule has 3 aromatic carbocycles. The zero-order valence-electron chi connectivity index (χ0n) is 17.2. The molecule has 0 aliphatic heterocycles. The van der Waals surface area contributed by atoms with Gasteiger partial charge in [-0.15, -0.1) is 0 Å². The minimum absolute atomic E-state index is 0.141. The van der Waals surface area contributed by atoms with E-state index in [1.165, 1.54) is 19.1 Å². The number of anilines is 1. The van der Waals surface area contributed by atoms with Crippen LogP contribution in [0.15, 0.2) is 66.7 Å². The molecule has 1 amide bonds. The van der Waals surface area contributed by atoms with Crippen molar-refractivity contribution in [3.63, 3.8) is 0 Å². The number of carbonyl (C=O) groups excluding carboxylic acids is 1. The van der Waals surface area contributed by atoms with Gasteiger partial charge in [-0.25, -0.2) is 4.39 Å². The summed E-state index contributed by atoms with van der Waals surface area (Å²) in [6, 6.07) is 18.9. The Hall–Kier alpha value is -3.54. The average Bonchev–Trinajstić information content (AvgIpc) is 2.77. The number of halogens is 1. The number of para-hydroxylation sites is 2. The van der Waals surface area contributed by atoms with Crippen LogP contribution in [-0.2, 0) is 17.9 Å². The molecule has 0 aliphatic rings. The first kappa shape index (κ1) is 21.2. The van der Waals surface area contributed by atoms with Crippen molar-refractivity contribution in [2.45, 2.75) is 20.1 Å². The molecule has 0 aromatic heterocycles. The van der Waals surface area contributed by atoms with Gasteiger partial charge in [-0.05, 0) is 48.0 Å². The van der Waals surface area contributed by atoms with Crippen molar-refractivity contribution in [3.05, 3.63) is 83.7 Å². The zero-order valence-corrected chi connectivity index (χ0v) is 17.2. The number of ether oxygens (including phenoxy) is 3. The molecule has 156 valence electrons. The van der Waals surface area contributed by atoms with E-state index < -0.39 is 0 Å². The fourth-order valence-corrected chi connectivity index (χ4v) is 3.09. The molecular formula is C24H24FNO4. The highest BCUT2D eigenvalue weighted by Crippen LogP contribution is 2.33. The van der Waals surface area contributed by atoms with Crippen molar-refractivity contribution in [2.24, 2.45) is 0 Å². The lowest BCUT2D eigenvalue weighted by atomic mass is 10.1. The SMILES string of the molecule is COc1ccc(OC)c(CN(C(C)=O)c2ccccc2OCc2ccc(F)cc2)c1. The van der Waals surface area contributed by atoms with Crippen LogP contribution in [0, 0.1) is 5.82 Å². The van der Waals surface area contributed by atoms with Crippen molar-refractivity contribution in [2.75, 3.05) is 19.1 Å². The van der Waals surface area contributed by atoms with Gasteiger partial charge in [0.1, 0.15) is 29.7 Å². The molecule has 0 atom stereocenters. The number of methoxy groups -OCH3 is 2. The third kappa shape index (κ3) is 5.08. The van der Waals surface area contributed by atoms with Gasteiger partial charge >= 0.3 is 0 Å². The maximum absolute atomic E-state index is 13.1. The van der Waals surface area contributed by atoms with E-state index in [1.807, 2.05) is 30.3 Å². The van der Waals surface area contributed by atoms with Gasteiger partial charge in [0.05, 0.1) is 26.5 Å². The molecule has 0 saturated carbocycles. The lowest BCUT2D eigenvalue weighted by Crippen LogP contribution is -2.28. The second-order valence-corrected chi connectivity index (χ2v) is 6.67. The molecule has 0 aliphatic carbocycles. The van der Waals surface area contributed by atoms with Gasteiger partial charge in [-0.3, -0.25) is 4.79 Å². The van der Waals surface area contributed by atoms with E-state index in [2.05, 4.69) is 0 Å². The molecule has 30 heavy (non-hydrogen) atoms. The highest BCUT2D eigenvalue weighted by molar-refractivity contribution is 5.93. The summed E-state index contributed by atoms with van der Waals surface area (Å²) in [6.07, 6.45) is 0. The predicted octanol–water partition coefficient (Wildman–Crippen LogP) is 4.98. The van der Waals surface area contributed by atoms with Crippen LogP contribution < -0.4 is 19.1 Å². The van der Waals surface area contributed by atoms with Gasteiger partial charge in [0, 0.05) is 12.5 Å². The van der Waals surface area contributed by atoms with E-state index in [1.54, 1.807) is 43.4 Å². The Morgan fingerprint density at radius 3 is 2.33 bits per heavy atom. The third-order valence-electron chi connectivity index (χ3n) is 4.66. The Morgan fingerprint density at radius 2 is 1.67 bits per heavy atom. The fraction of sp³-hybridized carbons (Fsp3) is 0.208. The van der Waals surface area contributed by atoms with E-state index in [0.717, 1.165) is 11.1 Å².